The summed E-state index contributed by atoms with van der Waals surface area (Å²) in [6, 6.07) is 7.19. The molecule has 2 aromatic rings. The van der Waals surface area contributed by atoms with Gasteiger partial charge in [0.05, 0.1) is 22.3 Å². The first-order valence-corrected chi connectivity index (χ1v) is 11.1. The molecule has 0 saturated heterocycles. The van der Waals surface area contributed by atoms with Crippen LogP contribution >= 0.6 is 0 Å². The van der Waals surface area contributed by atoms with E-state index in [4.69, 9.17) is 9.94 Å². The molecular formula is C20H20F3N3O5S. The summed E-state index contributed by atoms with van der Waals surface area (Å²) in [5.74, 6) is -1.00. The second-order valence-corrected chi connectivity index (χ2v) is 9.42. The number of oxime groups is 1. The number of hydrogen-bond acceptors (Lipinski definition) is 7. The van der Waals surface area contributed by atoms with Gasteiger partial charge in [-0.05, 0) is 44.0 Å². The van der Waals surface area contributed by atoms with Gasteiger partial charge in [-0.25, -0.2) is 13.4 Å². The van der Waals surface area contributed by atoms with E-state index in [1.54, 1.807) is 0 Å². The van der Waals surface area contributed by atoms with E-state index < -0.39 is 38.8 Å². The molecule has 1 atom stereocenters. The van der Waals surface area contributed by atoms with Crippen molar-refractivity contribution in [2.45, 2.75) is 42.2 Å². The van der Waals surface area contributed by atoms with Gasteiger partial charge in [-0.1, -0.05) is 17.3 Å². The van der Waals surface area contributed by atoms with Gasteiger partial charge in [0.25, 0.3) is 5.91 Å². The molecule has 1 fully saturated rings. The average molecular weight is 471 g/mol. The Morgan fingerprint density at radius 2 is 1.91 bits per heavy atom. The van der Waals surface area contributed by atoms with Crippen molar-refractivity contribution in [1.29, 1.82) is 0 Å². The quantitative estimate of drug-likeness (QED) is 0.452. The van der Waals surface area contributed by atoms with Crippen LogP contribution in [0.2, 0.25) is 0 Å². The predicted molar refractivity (Wildman–Crippen MR) is 109 cm³/mol. The maximum atomic E-state index is 12.7. The van der Waals surface area contributed by atoms with Gasteiger partial charge in [0, 0.05) is 11.8 Å². The smallest absolute Gasteiger partial charge is 0.392 e. The van der Waals surface area contributed by atoms with Gasteiger partial charge in [0.15, 0.2) is 15.5 Å². The Morgan fingerprint density at radius 1 is 1.25 bits per heavy atom. The second-order valence-electron chi connectivity index (χ2n) is 7.19. The summed E-state index contributed by atoms with van der Waals surface area (Å²) in [5.41, 5.74) is -1.05. The number of sulfone groups is 1. The maximum Gasteiger partial charge on any atom is 0.417 e. The van der Waals surface area contributed by atoms with Crippen molar-refractivity contribution in [2.75, 3.05) is 11.9 Å². The lowest BCUT2D eigenvalue weighted by molar-refractivity contribution is -0.137. The molecule has 1 aromatic carbocycles. The Labute approximate surface area is 182 Å². The molecule has 1 heterocycles. The highest BCUT2D eigenvalue weighted by Gasteiger charge is 2.37. The number of alkyl halides is 3. The largest absolute Gasteiger partial charge is 0.417 e. The van der Waals surface area contributed by atoms with E-state index in [1.807, 2.05) is 0 Å². The van der Waals surface area contributed by atoms with Crippen LogP contribution in [0.15, 0.2) is 52.6 Å². The Hall–Kier alpha value is -2.99. The highest BCUT2D eigenvalue weighted by molar-refractivity contribution is 7.92. The van der Waals surface area contributed by atoms with Crippen LogP contribution in [-0.2, 0) is 25.6 Å². The van der Waals surface area contributed by atoms with Crippen LogP contribution in [0.3, 0.4) is 0 Å². The number of aliphatic hydroxyl groups excluding tert-OH is 1. The molecule has 172 valence electrons. The third kappa shape index (κ3) is 5.62. The first-order chi connectivity index (χ1) is 15.0. The minimum Gasteiger partial charge on any atom is -0.392 e. The lowest BCUT2D eigenvalue weighted by Gasteiger charge is -2.12. The highest BCUT2D eigenvalue weighted by Crippen LogP contribution is 2.33. The number of nitrogens with zero attached hydrogens (tertiary/aromatic N) is 2. The number of amides is 1. The molecular weight excluding hydrogens is 451 g/mol. The number of pyridine rings is 1. The average Bonchev–Trinajstić information content (AvgIpc) is 3.60. The predicted octanol–water partition coefficient (Wildman–Crippen LogP) is 2.78. The molecule has 8 nitrogen and oxygen atoms in total. The second kappa shape index (κ2) is 9.25. The van der Waals surface area contributed by atoms with Gasteiger partial charge in [0.1, 0.15) is 11.9 Å². The summed E-state index contributed by atoms with van der Waals surface area (Å²) in [6.07, 6.45) is -3.53. The molecule has 1 aromatic heterocycles. The minimum absolute atomic E-state index is 0.109. The van der Waals surface area contributed by atoms with Crippen molar-refractivity contribution >= 4 is 27.3 Å². The summed E-state index contributed by atoms with van der Waals surface area (Å²) in [4.78, 5) is 21.5. The van der Waals surface area contributed by atoms with Gasteiger partial charge in [0.2, 0.25) is 0 Å². The fourth-order valence-corrected chi connectivity index (χ4v) is 4.24. The SMILES string of the molecule is C[C@H](CO)ON=C(C(=O)Nc1ccc(C(F)(F)F)cn1)c1ccc(S(=O)(=O)C2CC2)cc1. The maximum absolute atomic E-state index is 12.7. The number of benzene rings is 1. The first-order valence-electron chi connectivity index (χ1n) is 9.56. The lowest BCUT2D eigenvalue weighted by Crippen LogP contribution is -2.26. The molecule has 1 saturated carbocycles. The zero-order chi connectivity index (χ0) is 23.5. The molecule has 0 aliphatic heterocycles. The minimum atomic E-state index is -4.57. The van der Waals surface area contributed by atoms with Crippen LogP contribution in [0, 0.1) is 0 Å². The van der Waals surface area contributed by atoms with Gasteiger partial charge in [-0.2, -0.15) is 13.2 Å². The van der Waals surface area contributed by atoms with E-state index in [1.165, 1.54) is 31.2 Å². The highest BCUT2D eigenvalue weighted by atomic mass is 32.2. The van der Waals surface area contributed by atoms with Crippen LogP contribution < -0.4 is 5.32 Å². The summed E-state index contributed by atoms with van der Waals surface area (Å²) in [7, 11) is -3.43. The van der Waals surface area contributed by atoms with E-state index >= 15 is 0 Å². The van der Waals surface area contributed by atoms with Crippen molar-refractivity contribution in [2.24, 2.45) is 5.16 Å². The number of carbonyl (C=O) groups is 1. The van der Waals surface area contributed by atoms with E-state index in [2.05, 4.69) is 15.5 Å². The van der Waals surface area contributed by atoms with E-state index in [0.29, 0.717) is 19.0 Å². The number of hydrogen-bond donors (Lipinski definition) is 2. The molecule has 0 unspecified atom stereocenters. The van der Waals surface area contributed by atoms with E-state index in [9.17, 15) is 26.4 Å². The lowest BCUT2D eigenvalue weighted by atomic mass is 10.1. The van der Waals surface area contributed by atoms with Crippen molar-refractivity contribution in [3.05, 3.63) is 53.7 Å². The third-order valence-corrected chi connectivity index (χ3v) is 6.83. The molecule has 12 heteroatoms. The Balaban J connectivity index is 1.84. The van der Waals surface area contributed by atoms with Crippen LogP contribution in [-0.4, -0.2) is 48.1 Å². The van der Waals surface area contributed by atoms with Crippen molar-refractivity contribution < 1.29 is 36.3 Å². The monoisotopic (exact) mass is 471 g/mol. The summed E-state index contributed by atoms with van der Waals surface area (Å²) in [6.45, 7) is 1.12. The summed E-state index contributed by atoms with van der Waals surface area (Å²) >= 11 is 0. The summed E-state index contributed by atoms with van der Waals surface area (Å²) < 4.78 is 62.8. The van der Waals surface area contributed by atoms with Crippen molar-refractivity contribution in [3.8, 4) is 0 Å². The number of carbonyl (C=O) groups excluding carboxylic acids is 1. The van der Waals surface area contributed by atoms with Crippen molar-refractivity contribution in [3.63, 3.8) is 0 Å². The van der Waals surface area contributed by atoms with Gasteiger partial charge < -0.3 is 15.3 Å². The molecule has 0 spiro atoms. The Morgan fingerprint density at radius 3 is 2.41 bits per heavy atom. The molecule has 2 N–H and O–H groups in total. The number of halogens is 3. The van der Waals surface area contributed by atoms with E-state index in [0.717, 1.165) is 12.1 Å². The molecule has 32 heavy (non-hydrogen) atoms. The fraction of sp³-hybridized carbons (Fsp3) is 0.350. The number of anilines is 1. The Bertz CT molecular complexity index is 1100. The standard InChI is InChI=1S/C20H20F3N3O5S/c1-12(11-27)31-26-18(13-2-5-15(6-3-13)32(29,30)16-7-8-16)19(28)25-17-9-4-14(10-24-17)20(21,22)23/h2-6,9-10,12,16,27H,7-8,11H2,1H3,(H,24,25,28)/t12-/m1/s1. The van der Waals surface area contributed by atoms with Crippen LogP contribution in [0.4, 0.5) is 19.0 Å². The molecule has 1 amide bonds. The normalized spacial score (nSPS) is 15.8. The van der Waals surface area contributed by atoms with Crippen LogP contribution in [0.1, 0.15) is 30.9 Å². The number of nitrogens with one attached hydrogen (secondary N) is 1. The van der Waals surface area contributed by atoms with Gasteiger partial charge in [-0.15, -0.1) is 0 Å². The topological polar surface area (TPSA) is 118 Å². The van der Waals surface area contributed by atoms with Gasteiger partial charge >= 0.3 is 6.18 Å². The molecule has 1 aliphatic carbocycles. The zero-order valence-corrected chi connectivity index (χ0v) is 17.7. The summed E-state index contributed by atoms with van der Waals surface area (Å²) in [5, 5.41) is 14.8. The number of aliphatic hydroxyl groups is 1. The molecule has 0 bridgehead atoms. The number of aromatic nitrogens is 1. The van der Waals surface area contributed by atoms with Crippen molar-refractivity contribution in [1.82, 2.24) is 4.98 Å². The molecule has 3 rings (SSSR count). The third-order valence-electron chi connectivity index (χ3n) is 4.55. The van der Waals surface area contributed by atoms with Gasteiger partial charge in [-0.3, -0.25) is 4.79 Å². The molecule has 1 aliphatic rings. The fourth-order valence-electron chi connectivity index (χ4n) is 2.59. The zero-order valence-electron chi connectivity index (χ0n) is 16.8. The van der Waals surface area contributed by atoms with Crippen LogP contribution in [0.5, 0.6) is 0 Å². The Kier molecular flexibility index (Phi) is 6.84. The van der Waals surface area contributed by atoms with Crippen LogP contribution in [0.25, 0.3) is 0 Å². The first kappa shape index (κ1) is 23.7. The molecule has 0 radical (unpaired) electrons. The van der Waals surface area contributed by atoms with E-state index in [-0.39, 0.29) is 28.6 Å². The number of rotatable bonds is 8.